The van der Waals surface area contributed by atoms with E-state index in [1.807, 2.05) is 24.0 Å². The molecule has 2 aliphatic rings. The maximum atomic E-state index is 12.4. The van der Waals surface area contributed by atoms with Crippen molar-refractivity contribution in [3.63, 3.8) is 0 Å². The molecule has 0 atom stereocenters. The molecule has 0 radical (unpaired) electrons. The molecular formula is C18H15ClN2O4. The number of hydrogen-bond donors (Lipinski definition) is 0. The van der Waals surface area contributed by atoms with Crippen molar-refractivity contribution in [3.05, 3.63) is 50.0 Å². The number of hydrogen-bond acceptors (Lipinski definition) is 6. The predicted molar refractivity (Wildman–Crippen MR) is 92.4 cm³/mol. The van der Waals surface area contributed by atoms with E-state index < -0.39 is 0 Å². The summed E-state index contributed by atoms with van der Waals surface area (Å²) in [5, 5.41) is 5.49. The van der Waals surface area contributed by atoms with Crippen LogP contribution in [0.1, 0.15) is 28.9 Å². The Balaban J connectivity index is 1.72. The van der Waals surface area contributed by atoms with Crippen LogP contribution in [0.15, 0.2) is 25.9 Å². The lowest BCUT2D eigenvalue weighted by Crippen LogP contribution is -2.32. The first-order valence-electron chi connectivity index (χ1n) is 8.23. The van der Waals surface area contributed by atoms with Crippen molar-refractivity contribution in [2.45, 2.75) is 32.7 Å². The fourth-order valence-corrected chi connectivity index (χ4v) is 4.03. The van der Waals surface area contributed by atoms with Gasteiger partial charge in [-0.15, -0.1) is 0 Å². The van der Waals surface area contributed by atoms with Crippen molar-refractivity contribution in [2.24, 2.45) is 0 Å². The molecule has 128 valence electrons. The number of aromatic nitrogens is 1. The first-order valence-corrected chi connectivity index (χ1v) is 8.60. The number of benzene rings is 1. The van der Waals surface area contributed by atoms with Gasteiger partial charge in [-0.25, -0.2) is 4.79 Å². The van der Waals surface area contributed by atoms with Gasteiger partial charge in [0.15, 0.2) is 12.5 Å². The molecule has 0 amide bonds. The normalized spacial score (nSPS) is 16.0. The third-order valence-corrected chi connectivity index (χ3v) is 5.20. The second-order valence-electron chi connectivity index (χ2n) is 6.51. The molecule has 0 saturated carbocycles. The predicted octanol–water partition coefficient (Wildman–Crippen LogP) is 3.59. The van der Waals surface area contributed by atoms with Crippen LogP contribution < -0.4 is 15.3 Å². The van der Waals surface area contributed by atoms with Crippen LogP contribution in [0.3, 0.4) is 0 Å². The summed E-state index contributed by atoms with van der Waals surface area (Å²) < 4.78 is 16.7. The van der Waals surface area contributed by atoms with Gasteiger partial charge in [-0.3, -0.25) is 0 Å². The Kier molecular flexibility index (Phi) is 3.12. The topological polar surface area (TPSA) is 68.7 Å². The molecule has 0 spiro atoms. The van der Waals surface area contributed by atoms with Gasteiger partial charge < -0.3 is 18.6 Å². The van der Waals surface area contributed by atoms with Gasteiger partial charge >= 0.3 is 5.63 Å². The van der Waals surface area contributed by atoms with Crippen LogP contribution in [0.25, 0.3) is 11.0 Å². The van der Waals surface area contributed by atoms with Crippen molar-refractivity contribution in [3.8, 4) is 5.75 Å². The molecular weight excluding hydrogens is 344 g/mol. The van der Waals surface area contributed by atoms with Crippen molar-refractivity contribution in [1.29, 1.82) is 0 Å². The molecule has 0 fully saturated rings. The zero-order valence-corrected chi connectivity index (χ0v) is 14.4. The van der Waals surface area contributed by atoms with E-state index in [9.17, 15) is 4.79 Å². The first-order chi connectivity index (χ1) is 12.1. The molecule has 0 saturated heterocycles. The molecule has 2 aromatic heterocycles. The van der Waals surface area contributed by atoms with E-state index in [0.717, 1.165) is 47.1 Å². The van der Waals surface area contributed by atoms with Crippen molar-refractivity contribution < 1.29 is 13.7 Å². The quantitative estimate of drug-likeness (QED) is 0.619. The molecule has 0 unspecified atom stereocenters. The van der Waals surface area contributed by atoms with Crippen LogP contribution in [0.2, 0.25) is 5.02 Å². The molecule has 0 bridgehead atoms. The Morgan fingerprint density at radius 2 is 2.04 bits per heavy atom. The zero-order valence-electron chi connectivity index (χ0n) is 13.6. The Labute approximate surface area is 147 Å². The highest BCUT2D eigenvalue weighted by atomic mass is 35.5. The molecule has 1 aliphatic carbocycles. The maximum absolute atomic E-state index is 12.4. The molecule has 3 heterocycles. The average Bonchev–Trinajstić information content (AvgIpc) is 3.25. The lowest BCUT2D eigenvalue weighted by atomic mass is 10.0. The number of anilines is 1. The number of ether oxygens (including phenoxy) is 1. The van der Waals surface area contributed by atoms with Crippen molar-refractivity contribution >= 4 is 28.4 Å². The van der Waals surface area contributed by atoms with E-state index in [1.165, 1.54) is 0 Å². The van der Waals surface area contributed by atoms with Crippen LogP contribution >= 0.6 is 11.6 Å². The standard InChI is InChI=1S/C18H15ClN2O4/c1-9-5-15(20-25-9)21-7-13-16-12(6-14(19)17(13)23-8-21)10-3-2-4-11(10)18(22)24-16/h5-6H,2-4,7-8H2,1H3. The summed E-state index contributed by atoms with van der Waals surface area (Å²) in [6, 6.07) is 3.70. The number of rotatable bonds is 1. The minimum atomic E-state index is -0.251. The Morgan fingerprint density at radius 3 is 2.84 bits per heavy atom. The largest absolute Gasteiger partial charge is 0.471 e. The second-order valence-corrected chi connectivity index (χ2v) is 6.92. The van der Waals surface area contributed by atoms with E-state index in [1.54, 1.807) is 0 Å². The number of aryl methyl sites for hydroxylation is 2. The number of halogens is 1. The molecule has 25 heavy (non-hydrogen) atoms. The van der Waals surface area contributed by atoms with E-state index in [2.05, 4.69) is 5.16 Å². The summed E-state index contributed by atoms with van der Waals surface area (Å²) in [6.07, 6.45) is 2.61. The maximum Gasteiger partial charge on any atom is 0.339 e. The highest BCUT2D eigenvalue weighted by Gasteiger charge is 2.29. The Morgan fingerprint density at radius 1 is 1.20 bits per heavy atom. The summed E-state index contributed by atoms with van der Waals surface area (Å²) in [6.45, 7) is 2.63. The summed E-state index contributed by atoms with van der Waals surface area (Å²) in [5.74, 6) is 1.98. The van der Waals surface area contributed by atoms with Gasteiger partial charge in [-0.2, -0.15) is 0 Å². The molecule has 1 aliphatic heterocycles. The smallest absolute Gasteiger partial charge is 0.339 e. The summed E-state index contributed by atoms with van der Waals surface area (Å²) in [5.41, 5.74) is 2.93. The third kappa shape index (κ3) is 2.17. The summed E-state index contributed by atoms with van der Waals surface area (Å²) in [7, 11) is 0. The van der Waals surface area contributed by atoms with Crippen molar-refractivity contribution in [1.82, 2.24) is 5.16 Å². The van der Waals surface area contributed by atoms with Gasteiger partial charge in [-0.05, 0) is 37.8 Å². The van der Waals surface area contributed by atoms with Gasteiger partial charge in [0.25, 0.3) is 0 Å². The summed E-state index contributed by atoms with van der Waals surface area (Å²) in [4.78, 5) is 14.3. The van der Waals surface area contributed by atoms with E-state index in [0.29, 0.717) is 35.4 Å². The first kappa shape index (κ1) is 14.8. The molecule has 5 rings (SSSR count). The van der Waals surface area contributed by atoms with Crippen LogP contribution in [-0.2, 0) is 19.4 Å². The van der Waals surface area contributed by atoms with Gasteiger partial charge in [0.2, 0.25) is 0 Å². The van der Waals surface area contributed by atoms with Crippen molar-refractivity contribution in [2.75, 3.05) is 11.6 Å². The van der Waals surface area contributed by atoms with Gasteiger partial charge in [-0.1, -0.05) is 16.8 Å². The molecule has 3 aromatic rings. The Hall–Kier alpha value is -2.47. The molecule has 7 heteroatoms. The van der Waals surface area contributed by atoms with Gasteiger partial charge in [0.05, 0.1) is 17.1 Å². The Bertz CT molecular complexity index is 1070. The highest BCUT2D eigenvalue weighted by Crippen LogP contribution is 2.41. The van der Waals surface area contributed by atoms with E-state index in [4.69, 9.17) is 25.3 Å². The average molecular weight is 359 g/mol. The third-order valence-electron chi connectivity index (χ3n) is 4.92. The molecule has 6 nitrogen and oxygen atoms in total. The molecule has 1 aromatic carbocycles. The second kappa shape index (κ2) is 5.26. The van der Waals surface area contributed by atoms with Crippen LogP contribution in [-0.4, -0.2) is 11.9 Å². The lowest BCUT2D eigenvalue weighted by molar-refractivity contribution is 0.285. The molecule has 0 N–H and O–H groups in total. The van der Waals surface area contributed by atoms with Crippen LogP contribution in [0.5, 0.6) is 5.75 Å². The van der Waals surface area contributed by atoms with Gasteiger partial charge in [0, 0.05) is 17.0 Å². The van der Waals surface area contributed by atoms with Crippen LogP contribution in [0.4, 0.5) is 5.82 Å². The van der Waals surface area contributed by atoms with Crippen LogP contribution in [0, 0.1) is 6.92 Å². The fraction of sp³-hybridized carbons (Fsp3) is 0.333. The van der Waals surface area contributed by atoms with E-state index >= 15 is 0 Å². The van der Waals surface area contributed by atoms with E-state index in [-0.39, 0.29) is 5.63 Å². The monoisotopic (exact) mass is 358 g/mol. The number of nitrogens with zero attached hydrogens (tertiary/aromatic N) is 2. The SMILES string of the molecule is Cc1cc(N2COc3c(Cl)cc4c5c(c(=O)oc4c3C2)CCC5)no1. The van der Waals surface area contributed by atoms with Gasteiger partial charge in [0.1, 0.15) is 17.1 Å². The number of fused-ring (bicyclic) bond motifs is 5. The summed E-state index contributed by atoms with van der Waals surface area (Å²) >= 11 is 6.46. The highest BCUT2D eigenvalue weighted by molar-refractivity contribution is 6.33. The minimum absolute atomic E-state index is 0.251. The zero-order chi connectivity index (χ0) is 17.1. The lowest BCUT2D eigenvalue weighted by Gasteiger charge is -2.29. The fourth-order valence-electron chi connectivity index (χ4n) is 3.76. The minimum Gasteiger partial charge on any atom is -0.471 e.